The fourth-order valence-corrected chi connectivity index (χ4v) is 4.83. The minimum absolute atomic E-state index is 0.189. The Morgan fingerprint density at radius 3 is 2.22 bits per heavy atom. The number of carbonyl (C=O) groups excluding carboxylic acids is 2. The first-order valence-corrected chi connectivity index (χ1v) is 12.2. The summed E-state index contributed by atoms with van der Waals surface area (Å²) in [6, 6.07) is 21.2. The number of Topliss-reactive ketones (excluding diaryl/α,β-unsaturated/α-hetero) is 1. The van der Waals surface area contributed by atoms with Crippen LogP contribution in [0.25, 0.3) is 6.08 Å². The summed E-state index contributed by atoms with van der Waals surface area (Å²) in [5.41, 5.74) is 4.26. The van der Waals surface area contributed by atoms with Crippen molar-refractivity contribution in [1.29, 1.82) is 0 Å². The molecule has 1 aliphatic heterocycles. The van der Waals surface area contributed by atoms with Gasteiger partial charge in [0.15, 0.2) is 17.3 Å². The number of nitrogens with zero attached hydrogens (tertiary/aromatic N) is 1. The van der Waals surface area contributed by atoms with Crippen molar-refractivity contribution in [2.24, 2.45) is 11.8 Å². The van der Waals surface area contributed by atoms with Gasteiger partial charge in [-0.15, -0.1) is 0 Å². The molecule has 0 N–H and O–H groups in total. The van der Waals surface area contributed by atoms with Crippen molar-refractivity contribution in [3.05, 3.63) is 95.1 Å². The lowest BCUT2D eigenvalue weighted by molar-refractivity contribution is -0.121. The number of methoxy groups -OCH3 is 2. The maximum atomic E-state index is 13.9. The van der Waals surface area contributed by atoms with Crippen LogP contribution in [0, 0.1) is 11.8 Å². The van der Waals surface area contributed by atoms with Gasteiger partial charge in [0.25, 0.3) is 0 Å². The topological polar surface area (TPSA) is 55.8 Å². The lowest BCUT2D eigenvalue weighted by Gasteiger charge is -2.36. The van der Waals surface area contributed by atoms with E-state index in [0.717, 1.165) is 17.5 Å². The highest BCUT2D eigenvalue weighted by Crippen LogP contribution is 2.46. The van der Waals surface area contributed by atoms with Gasteiger partial charge in [-0.05, 0) is 35.1 Å². The third-order valence-corrected chi connectivity index (χ3v) is 6.67. The van der Waals surface area contributed by atoms with Crippen molar-refractivity contribution in [3.63, 3.8) is 0 Å². The number of rotatable bonds is 8. The molecule has 0 bridgehead atoms. The first kappa shape index (κ1) is 25.2. The second-order valence-electron chi connectivity index (χ2n) is 9.60. The molecule has 5 heteroatoms. The van der Waals surface area contributed by atoms with Gasteiger partial charge in [0.05, 0.1) is 19.9 Å². The molecule has 3 aromatic rings. The van der Waals surface area contributed by atoms with Crippen LogP contribution in [-0.4, -0.2) is 33.0 Å². The lowest BCUT2D eigenvalue weighted by Crippen LogP contribution is -2.44. The van der Waals surface area contributed by atoms with Crippen molar-refractivity contribution < 1.29 is 19.1 Å². The molecule has 2 unspecified atom stereocenters. The average molecular weight is 484 g/mol. The Kier molecular flexibility index (Phi) is 7.58. The molecule has 5 nitrogen and oxygen atoms in total. The van der Waals surface area contributed by atoms with Crippen molar-refractivity contribution in [2.45, 2.75) is 26.2 Å². The molecule has 1 amide bonds. The van der Waals surface area contributed by atoms with Gasteiger partial charge in [0.1, 0.15) is 5.92 Å². The number of ketones is 1. The van der Waals surface area contributed by atoms with Crippen LogP contribution in [0.15, 0.2) is 72.8 Å². The van der Waals surface area contributed by atoms with E-state index in [1.54, 1.807) is 32.2 Å². The van der Waals surface area contributed by atoms with Gasteiger partial charge in [-0.25, -0.2) is 0 Å². The Labute approximate surface area is 213 Å². The smallest absolute Gasteiger partial charge is 0.238 e. The predicted octanol–water partition coefficient (Wildman–Crippen LogP) is 6.17. The van der Waals surface area contributed by atoms with Gasteiger partial charge >= 0.3 is 0 Å². The molecule has 3 aromatic carbocycles. The molecule has 1 aliphatic rings. The molecule has 0 aliphatic carbocycles. The van der Waals surface area contributed by atoms with Gasteiger partial charge in [-0.1, -0.05) is 80.6 Å². The molecule has 186 valence electrons. The summed E-state index contributed by atoms with van der Waals surface area (Å²) in [6.07, 6.45) is 4.87. The van der Waals surface area contributed by atoms with Gasteiger partial charge in [-0.3, -0.25) is 9.59 Å². The number of amides is 1. The number of benzene rings is 3. The van der Waals surface area contributed by atoms with E-state index < -0.39 is 11.8 Å². The highest BCUT2D eigenvalue weighted by Gasteiger charge is 2.43. The summed E-state index contributed by atoms with van der Waals surface area (Å²) in [5, 5.41) is 0. The summed E-state index contributed by atoms with van der Waals surface area (Å²) in [5.74, 6) is -0.174. The van der Waals surface area contributed by atoms with Crippen molar-refractivity contribution in [3.8, 4) is 11.5 Å². The Hall–Kier alpha value is -3.86. The highest BCUT2D eigenvalue weighted by atomic mass is 16.5. The van der Waals surface area contributed by atoms with Crippen LogP contribution in [0.1, 0.15) is 46.8 Å². The van der Waals surface area contributed by atoms with Crippen LogP contribution in [0.4, 0.5) is 5.69 Å². The molecule has 36 heavy (non-hydrogen) atoms. The van der Waals surface area contributed by atoms with Crippen molar-refractivity contribution >= 4 is 23.5 Å². The first-order chi connectivity index (χ1) is 17.3. The van der Waals surface area contributed by atoms with Crippen LogP contribution in [0.2, 0.25) is 0 Å². The summed E-state index contributed by atoms with van der Waals surface area (Å²) in [7, 11) is 4.85. The Bertz CT molecular complexity index is 1260. The van der Waals surface area contributed by atoms with Crippen LogP contribution in [-0.2, 0) is 11.2 Å². The van der Waals surface area contributed by atoms with Gasteiger partial charge in [0.2, 0.25) is 5.91 Å². The second kappa shape index (κ2) is 10.8. The van der Waals surface area contributed by atoms with E-state index >= 15 is 0 Å². The molecule has 2 atom stereocenters. The van der Waals surface area contributed by atoms with Crippen LogP contribution in [0.5, 0.6) is 11.5 Å². The molecule has 0 saturated heterocycles. The quantitative estimate of drug-likeness (QED) is 0.284. The van der Waals surface area contributed by atoms with Gasteiger partial charge in [0, 0.05) is 24.6 Å². The number of hydrogen-bond donors (Lipinski definition) is 0. The molecule has 0 aromatic heterocycles. The first-order valence-electron chi connectivity index (χ1n) is 12.2. The molecule has 0 spiro atoms. The molecular weight excluding hydrogens is 450 g/mol. The monoisotopic (exact) mass is 483 g/mol. The van der Waals surface area contributed by atoms with Gasteiger partial charge in [-0.2, -0.15) is 0 Å². The third kappa shape index (κ3) is 5.06. The molecule has 0 radical (unpaired) electrons. The lowest BCUT2D eigenvalue weighted by atomic mass is 9.76. The minimum Gasteiger partial charge on any atom is -0.493 e. The Morgan fingerprint density at radius 1 is 0.972 bits per heavy atom. The van der Waals surface area contributed by atoms with Crippen molar-refractivity contribution in [2.75, 3.05) is 26.2 Å². The molecule has 1 heterocycles. The SMILES string of the molecule is COc1cc2c(cc1OC)N(C)C(=O)C(C(=O)c1ccc(CC(C)C)cc1)C2/C=C/c1ccccc1. The molecule has 0 saturated carbocycles. The van der Waals surface area contributed by atoms with Gasteiger partial charge < -0.3 is 14.4 Å². The molecule has 0 fully saturated rings. The summed E-state index contributed by atoms with van der Waals surface area (Å²) < 4.78 is 11.0. The third-order valence-electron chi connectivity index (χ3n) is 6.67. The van der Waals surface area contributed by atoms with Crippen LogP contribution >= 0.6 is 0 Å². The fraction of sp³-hybridized carbons (Fsp3) is 0.290. The Morgan fingerprint density at radius 2 is 1.61 bits per heavy atom. The largest absolute Gasteiger partial charge is 0.493 e. The van der Waals surface area contributed by atoms with E-state index in [1.807, 2.05) is 72.8 Å². The van der Waals surface area contributed by atoms with E-state index in [1.165, 1.54) is 5.56 Å². The number of ether oxygens (including phenoxy) is 2. The zero-order valence-electron chi connectivity index (χ0n) is 21.5. The summed E-state index contributed by atoms with van der Waals surface area (Å²) >= 11 is 0. The fourth-order valence-electron chi connectivity index (χ4n) is 4.83. The predicted molar refractivity (Wildman–Crippen MR) is 144 cm³/mol. The van der Waals surface area contributed by atoms with E-state index in [2.05, 4.69) is 13.8 Å². The van der Waals surface area contributed by atoms with E-state index in [9.17, 15) is 9.59 Å². The van der Waals surface area contributed by atoms with E-state index in [0.29, 0.717) is 28.7 Å². The zero-order valence-corrected chi connectivity index (χ0v) is 21.5. The number of fused-ring (bicyclic) bond motifs is 1. The average Bonchev–Trinajstić information content (AvgIpc) is 2.89. The maximum Gasteiger partial charge on any atom is 0.238 e. The van der Waals surface area contributed by atoms with E-state index in [4.69, 9.17) is 9.47 Å². The standard InChI is InChI=1S/C31H33NO4/c1-20(2)17-22-11-14-23(15-12-22)30(33)29-24(16-13-21-9-7-6-8-10-21)25-18-27(35-4)28(36-5)19-26(25)32(3)31(29)34/h6-16,18-20,24,29H,17H2,1-5H3/b16-13+. The Balaban J connectivity index is 1.81. The van der Waals surface area contributed by atoms with Crippen LogP contribution in [0.3, 0.4) is 0 Å². The zero-order chi connectivity index (χ0) is 25.8. The summed E-state index contributed by atoms with van der Waals surface area (Å²) in [6.45, 7) is 4.33. The number of carbonyl (C=O) groups is 2. The van der Waals surface area contributed by atoms with Crippen LogP contribution < -0.4 is 14.4 Å². The number of anilines is 1. The molecule has 4 rings (SSSR count). The number of hydrogen-bond acceptors (Lipinski definition) is 4. The normalized spacial score (nSPS) is 17.4. The summed E-state index contributed by atoms with van der Waals surface area (Å²) in [4.78, 5) is 29.1. The molecular formula is C31H33NO4. The van der Waals surface area contributed by atoms with Crippen molar-refractivity contribution in [1.82, 2.24) is 0 Å². The minimum atomic E-state index is -0.892. The number of allylic oxidation sites excluding steroid dienone is 1. The second-order valence-corrected chi connectivity index (χ2v) is 9.60. The highest BCUT2D eigenvalue weighted by molar-refractivity contribution is 6.17. The maximum absolute atomic E-state index is 13.9. The van der Waals surface area contributed by atoms with E-state index in [-0.39, 0.29) is 11.7 Å².